The molecule has 0 aliphatic carbocycles. The van der Waals surface area contributed by atoms with Crippen LogP contribution in [-0.2, 0) is 6.42 Å². The van der Waals surface area contributed by atoms with Crippen LogP contribution in [0.15, 0.2) is 18.3 Å². The van der Waals surface area contributed by atoms with Gasteiger partial charge < -0.3 is 4.98 Å². The molecule has 0 unspecified atom stereocenters. The monoisotopic (exact) mass is 167 g/mol. The summed E-state index contributed by atoms with van der Waals surface area (Å²) < 4.78 is 0.832. The summed E-state index contributed by atoms with van der Waals surface area (Å²) in [6, 6.07) is 4.12. The van der Waals surface area contributed by atoms with Crippen molar-refractivity contribution in [3.05, 3.63) is 28.5 Å². The van der Waals surface area contributed by atoms with Gasteiger partial charge in [-0.3, -0.25) is 0 Å². The lowest BCUT2D eigenvalue weighted by Gasteiger charge is -1.97. The average molecular weight is 167 g/mol. The maximum absolute atomic E-state index is 4.99. The van der Waals surface area contributed by atoms with Crippen molar-refractivity contribution in [1.82, 2.24) is 4.98 Å². The molecule has 0 atom stereocenters. The number of rotatable bonds is 3. The number of H-pyrrole nitrogens is 1. The Labute approximate surface area is 72.5 Å². The third kappa shape index (κ3) is 2.85. The molecule has 1 N–H and O–H groups in total. The molecular formula is C9H13NS. The van der Waals surface area contributed by atoms with E-state index in [1.54, 1.807) is 0 Å². The van der Waals surface area contributed by atoms with Crippen molar-refractivity contribution < 1.29 is 0 Å². The zero-order valence-corrected chi connectivity index (χ0v) is 7.58. The van der Waals surface area contributed by atoms with Crippen molar-refractivity contribution in [1.29, 1.82) is 0 Å². The number of aryl methyl sites for hydroxylation is 1. The molecule has 0 spiro atoms. The fraction of sp³-hybridized carbons (Fsp3) is 0.444. The molecule has 1 rings (SSSR count). The summed E-state index contributed by atoms with van der Waals surface area (Å²) >= 11 is 4.99. The van der Waals surface area contributed by atoms with E-state index in [1.807, 2.05) is 12.3 Å². The average Bonchev–Trinajstić information content (AvgIpc) is 2.01. The summed E-state index contributed by atoms with van der Waals surface area (Å²) in [5.41, 5.74) is 1.34. The van der Waals surface area contributed by atoms with Crippen LogP contribution in [0.3, 0.4) is 0 Å². The number of aromatic amines is 1. The number of aromatic nitrogens is 1. The highest BCUT2D eigenvalue weighted by Crippen LogP contribution is 2.03. The summed E-state index contributed by atoms with van der Waals surface area (Å²) in [7, 11) is 0. The van der Waals surface area contributed by atoms with Crippen molar-refractivity contribution in [2.45, 2.75) is 26.2 Å². The van der Waals surface area contributed by atoms with Crippen LogP contribution in [0.4, 0.5) is 0 Å². The van der Waals surface area contributed by atoms with E-state index >= 15 is 0 Å². The van der Waals surface area contributed by atoms with Crippen LogP contribution in [0.5, 0.6) is 0 Å². The number of pyridine rings is 1. The second-order valence-corrected chi connectivity index (χ2v) is 3.10. The first-order chi connectivity index (χ1) is 5.33. The van der Waals surface area contributed by atoms with E-state index in [2.05, 4.69) is 18.0 Å². The first-order valence-electron chi connectivity index (χ1n) is 4.00. The Morgan fingerprint density at radius 2 is 2.36 bits per heavy atom. The zero-order chi connectivity index (χ0) is 8.10. The fourth-order valence-corrected chi connectivity index (χ4v) is 1.24. The highest BCUT2D eigenvalue weighted by molar-refractivity contribution is 7.71. The standard InChI is InChI=1S/C9H13NS/c1-2-3-4-8-5-6-10-9(11)7-8/h5-7H,2-4H2,1H3,(H,10,11). The molecule has 2 heteroatoms. The fourth-order valence-electron chi connectivity index (χ4n) is 1.03. The second kappa shape index (κ2) is 4.29. The van der Waals surface area contributed by atoms with Gasteiger partial charge in [-0.25, -0.2) is 0 Å². The largest absolute Gasteiger partial charge is 0.353 e. The summed E-state index contributed by atoms with van der Waals surface area (Å²) in [5.74, 6) is 0. The Morgan fingerprint density at radius 3 is 3.00 bits per heavy atom. The minimum absolute atomic E-state index is 0.832. The first kappa shape index (κ1) is 8.47. The minimum atomic E-state index is 0.832. The summed E-state index contributed by atoms with van der Waals surface area (Å²) in [6.07, 6.45) is 5.55. The van der Waals surface area contributed by atoms with Gasteiger partial charge in [0.15, 0.2) is 0 Å². The summed E-state index contributed by atoms with van der Waals surface area (Å²) in [6.45, 7) is 2.20. The quantitative estimate of drug-likeness (QED) is 0.684. The lowest BCUT2D eigenvalue weighted by Crippen LogP contribution is -1.84. The van der Waals surface area contributed by atoms with Crippen molar-refractivity contribution in [3.63, 3.8) is 0 Å². The van der Waals surface area contributed by atoms with Crippen molar-refractivity contribution in [3.8, 4) is 0 Å². The number of unbranched alkanes of at least 4 members (excludes halogenated alkanes) is 1. The smallest absolute Gasteiger partial charge is 0.103 e. The molecule has 0 bridgehead atoms. The molecule has 0 aliphatic rings. The molecule has 1 nitrogen and oxygen atoms in total. The zero-order valence-electron chi connectivity index (χ0n) is 6.76. The molecular weight excluding hydrogens is 154 g/mol. The van der Waals surface area contributed by atoms with Crippen molar-refractivity contribution >= 4 is 12.2 Å². The van der Waals surface area contributed by atoms with E-state index in [0.717, 1.165) is 11.1 Å². The van der Waals surface area contributed by atoms with E-state index in [1.165, 1.54) is 18.4 Å². The van der Waals surface area contributed by atoms with Crippen molar-refractivity contribution in [2.75, 3.05) is 0 Å². The van der Waals surface area contributed by atoms with Crippen molar-refractivity contribution in [2.24, 2.45) is 0 Å². The Kier molecular flexibility index (Phi) is 3.30. The molecule has 0 radical (unpaired) electrons. The van der Waals surface area contributed by atoms with E-state index in [-0.39, 0.29) is 0 Å². The maximum atomic E-state index is 4.99. The molecule has 1 aromatic heterocycles. The van der Waals surface area contributed by atoms with Gasteiger partial charge in [-0.1, -0.05) is 25.6 Å². The van der Waals surface area contributed by atoms with E-state index in [0.29, 0.717) is 0 Å². The maximum Gasteiger partial charge on any atom is 0.103 e. The molecule has 0 aliphatic heterocycles. The molecule has 0 saturated heterocycles. The molecule has 0 fully saturated rings. The Morgan fingerprint density at radius 1 is 1.55 bits per heavy atom. The number of hydrogen-bond acceptors (Lipinski definition) is 1. The first-order valence-corrected chi connectivity index (χ1v) is 4.41. The highest BCUT2D eigenvalue weighted by atomic mass is 32.1. The summed E-state index contributed by atoms with van der Waals surface area (Å²) in [5, 5.41) is 0. The molecule has 1 aromatic rings. The third-order valence-corrected chi connectivity index (χ3v) is 1.89. The van der Waals surface area contributed by atoms with Crippen LogP contribution >= 0.6 is 12.2 Å². The van der Waals surface area contributed by atoms with Crippen LogP contribution in [0.1, 0.15) is 25.3 Å². The van der Waals surface area contributed by atoms with Gasteiger partial charge in [0.05, 0.1) is 0 Å². The van der Waals surface area contributed by atoms with Gasteiger partial charge in [0.2, 0.25) is 0 Å². The second-order valence-electron chi connectivity index (χ2n) is 2.66. The van der Waals surface area contributed by atoms with E-state index in [4.69, 9.17) is 12.2 Å². The normalized spacial score (nSPS) is 9.91. The van der Waals surface area contributed by atoms with Crippen LogP contribution < -0.4 is 0 Å². The highest BCUT2D eigenvalue weighted by Gasteiger charge is 1.89. The molecule has 0 aromatic carbocycles. The van der Waals surface area contributed by atoms with Gasteiger partial charge in [-0.05, 0) is 30.5 Å². The number of hydrogen-bond donors (Lipinski definition) is 1. The number of nitrogens with one attached hydrogen (secondary N) is 1. The SMILES string of the molecule is CCCCc1cc[nH]c(=S)c1. The van der Waals surface area contributed by atoms with Gasteiger partial charge in [-0.2, -0.15) is 0 Å². The molecule has 0 amide bonds. The van der Waals surface area contributed by atoms with Gasteiger partial charge in [0.1, 0.15) is 4.64 Å². The molecule has 0 saturated carbocycles. The van der Waals surface area contributed by atoms with E-state index in [9.17, 15) is 0 Å². The van der Waals surface area contributed by atoms with Crippen LogP contribution in [0.2, 0.25) is 0 Å². The Hall–Kier alpha value is -0.630. The Bertz CT molecular complexity index is 264. The van der Waals surface area contributed by atoms with E-state index < -0.39 is 0 Å². The lowest BCUT2D eigenvalue weighted by molar-refractivity contribution is 0.793. The molecule has 60 valence electrons. The van der Waals surface area contributed by atoms with Crippen LogP contribution in [0.25, 0.3) is 0 Å². The van der Waals surface area contributed by atoms with Crippen LogP contribution in [-0.4, -0.2) is 4.98 Å². The lowest BCUT2D eigenvalue weighted by atomic mass is 10.1. The van der Waals surface area contributed by atoms with Gasteiger partial charge >= 0.3 is 0 Å². The molecule has 11 heavy (non-hydrogen) atoms. The van der Waals surface area contributed by atoms with Gasteiger partial charge in [0.25, 0.3) is 0 Å². The Balaban J connectivity index is 2.64. The minimum Gasteiger partial charge on any atom is -0.353 e. The summed E-state index contributed by atoms with van der Waals surface area (Å²) in [4.78, 5) is 2.96. The molecule has 1 heterocycles. The van der Waals surface area contributed by atoms with Gasteiger partial charge in [0, 0.05) is 6.20 Å². The topological polar surface area (TPSA) is 15.8 Å². The van der Waals surface area contributed by atoms with Crippen LogP contribution in [0, 0.1) is 4.64 Å². The predicted octanol–water partition coefficient (Wildman–Crippen LogP) is 3.09. The predicted molar refractivity (Wildman–Crippen MR) is 50.2 cm³/mol. The third-order valence-electron chi connectivity index (χ3n) is 1.66. The van der Waals surface area contributed by atoms with Gasteiger partial charge in [-0.15, -0.1) is 0 Å².